The minimum absolute atomic E-state index is 0.00319. The lowest BCUT2D eigenvalue weighted by molar-refractivity contribution is -0.154. The number of hydrogen-bond donors (Lipinski definition) is 1. The van der Waals surface area contributed by atoms with Crippen LogP contribution in [0.2, 0.25) is 0 Å². The second-order valence-corrected chi connectivity index (χ2v) is 4.60. The molecule has 15 heavy (non-hydrogen) atoms. The molecule has 3 atom stereocenters. The maximum Gasteiger partial charge on any atom is 0.306 e. The highest BCUT2D eigenvalue weighted by atomic mass is 16.5. The number of hydrogen-bond acceptors (Lipinski definition) is 3. The summed E-state index contributed by atoms with van der Waals surface area (Å²) in [6.45, 7) is 0. The van der Waals surface area contributed by atoms with E-state index in [9.17, 15) is 9.59 Å². The zero-order valence-electron chi connectivity index (χ0n) is 8.65. The predicted octanol–water partition coefficient (Wildman–Crippen LogP) is 1.58. The number of carboxylic acids is 1. The average molecular weight is 212 g/mol. The van der Waals surface area contributed by atoms with Crippen molar-refractivity contribution < 1.29 is 19.4 Å². The van der Waals surface area contributed by atoms with Gasteiger partial charge in [-0.05, 0) is 37.5 Å². The van der Waals surface area contributed by atoms with E-state index in [1.807, 2.05) is 0 Å². The van der Waals surface area contributed by atoms with Crippen LogP contribution >= 0.6 is 0 Å². The van der Waals surface area contributed by atoms with Crippen molar-refractivity contribution in [1.29, 1.82) is 0 Å². The Labute approximate surface area is 88.6 Å². The maximum atomic E-state index is 11.3. The van der Waals surface area contributed by atoms with Crippen molar-refractivity contribution in [3.63, 3.8) is 0 Å². The van der Waals surface area contributed by atoms with Gasteiger partial charge in [-0.15, -0.1) is 0 Å². The Hall–Kier alpha value is -1.06. The van der Waals surface area contributed by atoms with E-state index in [4.69, 9.17) is 9.84 Å². The van der Waals surface area contributed by atoms with Gasteiger partial charge in [0.05, 0.1) is 12.8 Å². The second kappa shape index (κ2) is 4.21. The summed E-state index contributed by atoms with van der Waals surface area (Å²) in [6.07, 6.45) is 4.57. The van der Waals surface area contributed by atoms with Gasteiger partial charge in [0.2, 0.25) is 0 Å². The molecule has 1 N–H and O–H groups in total. The highest BCUT2D eigenvalue weighted by Gasteiger charge is 2.41. The Balaban J connectivity index is 1.73. The zero-order chi connectivity index (χ0) is 10.8. The Morgan fingerprint density at radius 3 is 2.53 bits per heavy atom. The summed E-state index contributed by atoms with van der Waals surface area (Å²) in [7, 11) is 0. The van der Waals surface area contributed by atoms with Gasteiger partial charge in [0.15, 0.2) is 0 Å². The molecule has 2 rings (SSSR count). The quantitative estimate of drug-likeness (QED) is 0.718. The molecule has 84 valence electrons. The molecule has 0 unspecified atom stereocenters. The van der Waals surface area contributed by atoms with Crippen molar-refractivity contribution in [1.82, 2.24) is 0 Å². The van der Waals surface area contributed by atoms with Crippen molar-refractivity contribution in [2.75, 3.05) is 0 Å². The number of fused-ring (bicyclic) bond motifs is 2. The molecule has 0 saturated heterocycles. The van der Waals surface area contributed by atoms with Crippen molar-refractivity contribution in [3.05, 3.63) is 0 Å². The van der Waals surface area contributed by atoms with Gasteiger partial charge in [-0.2, -0.15) is 0 Å². The summed E-state index contributed by atoms with van der Waals surface area (Å²) >= 11 is 0. The van der Waals surface area contributed by atoms with E-state index in [2.05, 4.69) is 0 Å². The summed E-state index contributed by atoms with van der Waals surface area (Å²) < 4.78 is 5.29. The minimum Gasteiger partial charge on any atom is -0.481 e. The molecular weight excluding hydrogens is 196 g/mol. The fourth-order valence-corrected chi connectivity index (χ4v) is 2.77. The molecule has 0 aliphatic heterocycles. The van der Waals surface area contributed by atoms with Crippen LogP contribution in [0.25, 0.3) is 0 Å². The average Bonchev–Trinajstić information content (AvgIpc) is 2.76. The second-order valence-electron chi connectivity index (χ2n) is 4.60. The van der Waals surface area contributed by atoms with Crippen LogP contribution in [-0.2, 0) is 14.3 Å². The van der Waals surface area contributed by atoms with Crippen LogP contribution in [0, 0.1) is 11.8 Å². The van der Waals surface area contributed by atoms with Crippen molar-refractivity contribution >= 4 is 11.9 Å². The molecule has 0 aromatic carbocycles. The number of carbonyl (C=O) groups is 2. The predicted molar refractivity (Wildman–Crippen MR) is 52.2 cm³/mol. The summed E-state index contributed by atoms with van der Waals surface area (Å²) in [6, 6.07) is 0. The van der Waals surface area contributed by atoms with Crippen LogP contribution < -0.4 is 0 Å². The standard InChI is InChI=1S/C11H16O4/c12-10(13)3-4-11(14)15-9-6-7-1-2-8(9)5-7/h7-9H,1-6H2,(H,12,13)/t7-,8-,9-/m0/s1. The molecule has 0 aromatic heterocycles. The molecule has 0 radical (unpaired) electrons. The van der Waals surface area contributed by atoms with Crippen LogP contribution in [0.15, 0.2) is 0 Å². The lowest BCUT2D eigenvalue weighted by Crippen LogP contribution is -2.24. The first-order valence-electron chi connectivity index (χ1n) is 5.56. The van der Waals surface area contributed by atoms with Crippen LogP contribution in [0.5, 0.6) is 0 Å². The number of carboxylic acid groups (broad SMARTS) is 1. The summed E-state index contributed by atoms with van der Waals surface area (Å²) in [5.74, 6) is -0.00843. The zero-order valence-corrected chi connectivity index (χ0v) is 8.65. The summed E-state index contributed by atoms with van der Waals surface area (Å²) in [5, 5.41) is 8.42. The van der Waals surface area contributed by atoms with E-state index in [0.29, 0.717) is 5.92 Å². The van der Waals surface area contributed by atoms with E-state index in [0.717, 1.165) is 12.3 Å². The topological polar surface area (TPSA) is 63.6 Å². The molecule has 2 aliphatic rings. The Bertz CT molecular complexity index is 274. The van der Waals surface area contributed by atoms with Gasteiger partial charge in [0.25, 0.3) is 0 Å². The van der Waals surface area contributed by atoms with Crippen molar-refractivity contribution in [2.24, 2.45) is 11.8 Å². The molecule has 2 bridgehead atoms. The lowest BCUT2D eigenvalue weighted by atomic mass is 9.98. The molecule has 0 spiro atoms. The highest BCUT2D eigenvalue weighted by Crippen LogP contribution is 2.45. The van der Waals surface area contributed by atoms with Gasteiger partial charge in [0, 0.05) is 0 Å². The van der Waals surface area contributed by atoms with E-state index < -0.39 is 5.97 Å². The molecule has 0 aromatic rings. The monoisotopic (exact) mass is 212 g/mol. The fourth-order valence-electron chi connectivity index (χ4n) is 2.77. The summed E-state index contributed by atoms with van der Waals surface area (Å²) in [5.41, 5.74) is 0. The Morgan fingerprint density at radius 1 is 1.20 bits per heavy atom. The van der Waals surface area contributed by atoms with Gasteiger partial charge in [-0.3, -0.25) is 9.59 Å². The van der Waals surface area contributed by atoms with Crippen LogP contribution in [0.1, 0.15) is 38.5 Å². The molecule has 2 aliphatic carbocycles. The molecule has 2 fully saturated rings. The number of aliphatic carboxylic acids is 1. The fraction of sp³-hybridized carbons (Fsp3) is 0.818. The van der Waals surface area contributed by atoms with Gasteiger partial charge in [0.1, 0.15) is 6.10 Å². The Morgan fingerprint density at radius 2 is 2.00 bits per heavy atom. The van der Waals surface area contributed by atoms with Crippen molar-refractivity contribution in [2.45, 2.75) is 44.6 Å². The third kappa shape index (κ3) is 2.49. The number of ether oxygens (including phenoxy) is 1. The molecule has 2 saturated carbocycles. The number of rotatable bonds is 4. The normalized spacial score (nSPS) is 32.9. The molecule has 0 heterocycles. The van der Waals surface area contributed by atoms with Gasteiger partial charge in [-0.25, -0.2) is 0 Å². The molecule has 4 nitrogen and oxygen atoms in total. The van der Waals surface area contributed by atoms with Gasteiger partial charge in [-0.1, -0.05) is 0 Å². The highest BCUT2D eigenvalue weighted by molar-refractivity contribution is 5.76. The summed E-state index contributed by atoms with van der Waals surface area (Å²) in [4.78, 5) is 21.6. The molecule has 0 amide bonds. The van der Waals surface area contributed by atoms with E-state index in [1.54, 1.807) is 0 Å². The molecule has 4 heteroatoms. The minimum atomic E-state index is -0.945. The van der Waals surface area contributed by atoms with Crippen LogP contribution in [0.4, 0.5) is 0 Å². The Kier molecular flexibility index (Phi) is 2.93. The first-order chi connectivity index (χ1) is 7.15. The smallest absolute Gasteiger partial charge is 0.306 e. The third-order valence-corrected chi connectivity index (χ3v) is 3.50. The largest absolute Gasteiger partial charge is 0.481 e. The van der Waals surface area contributed by atoms with E-state index >= 15 is 0 Å². The third-order valence-electron chi connectivity index (χ3n) is 3.50. The SMILES string of the molecule is O=C(O)CCC(=O)O[C@H]1C[C@H]2CC[C@H]1C2. The first-order valence-corrected chi connectivity index (χ1v) is 5.56. The van der Waals surface area contributed by atoms with Gasteiger partial charge >= 0.3 is 11.9 Å². The lowest BCUT2D eigenvalue weighted by Gasteiger charge is -2.21. The van der Waals surface area contributed by atoms with E-state index in [1.165, 1.54) is 19.3 Å². The maximum absolute atomic E-state index is 11.3. The van der Waals surface area contributed by atoms with Crippen LogP contribution in [0.3, 0.4) is 0 Å². The van der Waals surface area contributed by atoms with Gasteiger partial charge < -0.3 is 9.84 Å². The van der Waals surface area contributed by atoms with Crippen LogP contribution in [-0.4, -0.2) is 23.1 Å². The van der Waals surface area contributed by atoms with Crippen molar-refractivity contribution in [3.8, 4) is 0 Å². The number of carbonyl (C=O) groups excluding carboxylic acids is 1. The number of esters is 1. The first kappa shape index (κ1) is 10.5. The van der Waals surface area contributed by atoms with E-state index in [-0.39, 0.29) is 24.9 Å². The molecular formula is C11H16O4.